The molecule has 0 aliphatic carbocycles. The monoisotopic (exact) mass is 344 g/mol. The molecule has 2 aromatic carbocycles. The number of rotatable bonds is 3. The highest BCUT2D eigenvalue weighted by molar-refractivity contribution is 6.31. The number of morpholine rings is 1. The third-order valence-electron chi connectivity index (χ3n) is 4.38. The predicted octanol–water partition coefficient (Wildman–Crippen LogP) is 3.40. The highest BCUT2D eigenvalue weighted by Crippen LogP contribution is 2.30. The number of amides is 1. The number of hydrogen-bond acceptors (Lipinski definition) is 3. The minimum atomic E-state index is -0.206. The molecule has 24 heavy (non-hydrogen) atoms. The fraction of sp³-hybridized carbons (Fsp3) is 0.316. The van der Waals surface area contributed by atoms with E-state index in [4.69, 9.17) is 22.1 Å². The van der Waals surface area contributed by atoms with Gasteiger partial charge in [-0.3, -0.25) is 4.79 Å². The Labute approximate surface area is 147 Å². The largest absolute Gasteiger partial charge is 0.369 e. The Hall–Kier alpha value is -1.88. The van der Waals surface area contributed by atoms with E-state index in [1.165, 1.54) is 0 Å². The molecule has 0 bridgehead atoms. The molecule has 5 heteroatoms. The summed E-state index contributed by atoms with van der Waals surface area (Å²) < 4.78 is 5.92. The van der Waals surface area contributed by atoms with E-state index in [0.29, 0.717) is 30.3 Å². The molecule has 0 spiro atoms. The molecule has 1 aliphatic heterocycles. The van der Waals surface area contributed by atoms with E-state index in [2.05, 4.69) is 0 Å². The maximum absolute atomic E-state index is 12.9. The van der Waals surface area contributed by atoms with Gasteiger partial charge in [-0.25, -0.2) is 0 Å². The van der Waals surface area contributed by atoms with Crippen LogP contribution in [0.2, 0.25) is 5.02 Å². The van der Waals surface area contributed by atoms with Crippen LogP contribution in [0.4, 0.5) is 0 Å². The number of nitrogens with zero attached hydrogens (tertiary/aromatic N) is 1. The Kier molecular flexibility index (Phi) is 5.19. The van der Waals surface area contributed by atoms with Crippen LogP contribution in [0.3, 0.4) is 0 Å². The lowest BCUT2D eigenvalue weighted by atomic mass is 10.0. The van der Waals surface area contributed by atoms with E-state index in [1.54, 1.807) is 0 Å². The van der Waals surface area contributed by atoms with E-state index in [1.807, 2.05) is 60.4 Å². The van der Waals surface area contributed by atoms with Gasteiger partial charge < -0.3 is 15.4 Å². The van der Waals surface area contributed by atoms with Gasteiger partial charge in [0.15, 0.2) is 0 Å². The molecule has 2 N–H and O–H groups in total. The molecule has 2 atom stereocenters. The number of carbonyl (C=O) groups excluding carboxylic acids is 1. The summed E-state index contributed by atoms with van der Waals surface area (Å²) in [4.78, 5) is 14.7. The second-order valence-corrected chi connectivity index (χ2v) is 6.46. The highest BCUT2D eigenvalue weighted by atomic mass is 35.5. The van der Waals surface area contributed by atoms with E-state index >= 15 is 0 Å². The van der Waals surface area contributed by atoms with E-state index in [0.717, 1.165) is 11.1 Å². The van der Waals surface area contributed by atoms with Crippen LogP contribution in [0.15, 0.2) is 48.5 Å². The van der Waals surface area contributed by atoms with Gasteiger partial charge in [-0.05, 0) is 30.7 Å². The molecule has 1 fully saturated rings. The van der Waals surface area contributed by atoms with Crippen LogP contribution in [0.25, 0.3) is 0 Å². The van der Waals surface area contributed by atoms with Crippen LogP contribution in [-0.4, -0.2) is 30.0 Å². The Balaban J connectivity index is 1.80. The first-order valence-corrected chi connectivity index (χ1v) is 8.44. The summed E-state index contributed by atoms with van der Waals surface area (Å²) in [5.41, 5.74) is 8.21. The van der Waals surface area contributed by atoms with Crippen molar-refractivity contribution < 1.29 is 9.53 Å². The number of ether oxygens (including phenoxy) is 1. The third kappa shape index (κ3) is 3.46. The Morgan fingerprint density at radius 1 is 1.25 bits per heavy atom. The number of benzene rings is 2. The number of carbonyl (C=O) groups is 1. The molecule has 0 unspecified atom stereocenters. The van der Waals surface area contributed by atoms with Crippen molar-refractivity contribution in [3.05, 3.63) is 70.2 Å². The maximum Gasteiger partial charge on any atom is 0.254 e. The van der Waals surface area contributed by atoms with Gasteiger partial charge in [0.2, 0.25) is 0 Å². The van der Waals surface area contributed by atoms with Crippen molar-refractivity contribution in [1.29, 1.82) is 0 Å². The van der Waals surface area contributed by atoms with Gasteiger partial charge in [0.1, 0.15) is 6.10 Å². The first kappa shape index (κ1) is 17.0. The quantitative estimate of drug-likeness (QED) is 0.928. The third-order valence-corrected chi connectivity index (χ3v) is 4.73. The standard InChI is InChI=1S/C19H21ClN2O2/c1-13-12-24-18(16-4-2-3-5-17(16)20)11-22(13)19(23)15-8-6-14(10-21)7-9-15/h2-9,13,18H,10-12,21H2,1H3/t13-,18-/m0/s1. The summed E-state index contributed by atoms with van der Waals surface area (Å²) in [6.07, 6.45) is -0.206. The predicted molar refractivity (Wildman–Crippen MR) is 95.0 cm³/mol. The molecule has 4 nitrogen and oxygen atoms in total. The van der Waals surface area contributed by atoms with Crippen LogP contribution in [0, 0.1) is 0 Å². The second-order valence-electron chi connectivity index (χ2n) is 6.05. The number of hydrogen-bond donors (Lipinski definition) is 1. The van der Waals surface area contributed by atoms with Crippen molar-refractivity contribution in [2.24, 2.45) is 5.73 Å². The lowest BCUT2D eigenvalue weighted by molar-refractivity contribution is -0.0486. The van der Waals surface area contributed by atoms with Gasteiger partial charge in [0.05, 0.1) is 19.2 Å². The van der Waals surface area contributed by atoms with Gasteiger partial charge >= 0.3 is 0 Å². The zero-order chi connectivity index (χ0) is 17.1. The number of halogens is 1. The van der Waals surface area contributed by atoms with Crippen molar-refractivity contribution >= 4 is 17.5 Å². The Bertz CT molecular complexity index is 718. The van der Waals surface area contributed by atoms with Gasteiger partial charge in [-0.15, -0.1) is 0 Å². The van der Waals surface area contributed by atoms with E-state index in [-0.39, 0.29) is 18.1 Å². The van der Waals surface area contributed by atoms with Gasteiger partial charge in [-0.2, -0.15) is 0 Å². The van der Waals surface area contributed by atoms with E-state index in [9.17, 15) is 4.79 Å². The van der Waals surface area contributed by atoms with Crippen LogP contribution >= 0.6 is 11.6 Å². The first-order valence-electron chi connectivity index (χ1n) is 8.06. The van der Waals surface area contributed by atoms with Crippen molar-refractivity contribution in [2.75, 3.05) is 13.2 Å². The minimum Gasteiger partial charge on any atom is -0.369 e. The zero-order valence-corrected chi connectivity index (χ0v) is 14.4. The Morgan fingerprint density at radius 3 is 2.62 bits per heavy atom. The van der Waals surface area contributed by atoms with Crippen LogP contribution < -0.4 is 5.73 Å². The van der Waals surface area contributed by atoms with Crippen molar-refractivity contribution in [3.8, 4) is 0 Å². The van der Waals surface area contributed by atoms with Crippen molar-refractivity contribution in [2.45, 2.75) is 25.6 Å². The molecule has 0 saturated carbocycles. The van der Waals surface area contributed by atoms with Crippen molar-refractivity contribution in [1.82, 2.24) is 4.90 Å². The topological polar surface area (TPSA) is 55.6 Å². The van der Waals surface area contributed by atoms with Crippen molar-refractivity contribution in [3.63, 3.8) is 0 Å². The normalized spacial score (nSPS) is 20.9. The van der Waals surface area contributed by atoms with E-state index < -0.39 is 0 Å². The average Bonchev–Trinajstić information content (AvgIpc) is 2.62. The summed E-state index contributed by atoms with van der Waals surface area (Å²) in [5.74, 6) is 0.00595. The van der Waals surface area contributed by atoms with Gasteiger partial charge in [0.25, 0.3) is 5.91 Å². The van der Waals surface area contributed by atoms with Crippen LogP contribution in [0.1, 0.15) is 34.5 Å². The van der Waals surface area contributed by atoms with Gasteiger partial charge in [-0.1, -0.05) is 41.9 Å². The first-order chi connectivity index (χ1) is 11.6. The van der Waals surface area contributed by atoms with Crippen LogP contribution in [0.5, 0.6) is 0 Å². The molecular weight excluding hydrogens is 324 g/mol. The fourth-order valence-corrected chi connectivity index (χ4v) is 3.17. The molecule has 1 aliphatic rings. The molecule has 3 rings (SSSR count). The fourth-order valence-electron chi connectivity index (χ4n) is 2.91. The lowest BCUT2D eigenvalue weighted by Gasteiger charge is -2.38. The molecule has 1 amide bonds. The summed E-state index contributed by atoms with van der Waals surface area (Å²) in [7, 11) is 0. The molecule has 0 radical (unpaired) electrons. The molecule has 1 heterocycles. The minimum absolute atomic E-state index is 0.00595. The molecule has 126 valence electrons. The summed E-state index contributed by atoms with van der Waals surface area (Å²) in [6, 6.07) is 15.1. The SMILES string of the molecule is C[C@H]1CO[C@H](c2ccccc2Cl)CN1C(=O)c1ccc(CN)cc1. The summed E-state index contributed by atoms with van der Waals surface area (Å²) in [5, 5.41) is 0.664. The maximum atomic E-state index is 12.9. The number of nitrogens with two attached hydrogens (primary N) is 1. The van der Waals surface area contributed by atoms with Gasteiger partial charge in [0, 0.05) is 22.7 Å². The molecule has 0 aromatic heterocycles. The molecular formula is C19H21ClN2O2. The average molecular weight is 345 g/mol. The highest BCUT2D eigenvalue weighted by Gasteiger charge is 2.31. The van der Waals surface area contributed by atoms with Crippen LogP contribution in [-0.2, 0) is 11.3 Å². The zero-order valence-electron chi connectivity index (χ0n) is 13.6. The Morgan fingerprint density at radius 2 is 1.96 bits per heavy atom. The molecule has 2 aromatic rings. The molecule has 1 saturated heterocycles. The summed E-state index contributed by atoms with van der Waals surface area (Å²) in [6.45, 7) is 3.44. The smallest absolute Gasteiger partial charge is 0.254 e. The lowest BCUT2D eigenvalue weighted by Crippen LogP contribution is -2.48. The summed E-state index contributed by atoms with van der Waals surface area (Å²) >= 11 is 6.28. The second kappa shape index (κ2) is 7.34.